The van der Waals surface area contributed by atoms with Crippen molar-refractivity contribution in [3.8, 4) is 5.75 Å². The van der Waals surface area contributed by atoms with Crippen molar-refractivity contribution < 1.29 is 22.7 Å². The number of carbonyl (C=O) groups excluding carboxylic acids is 1. The second-order valence-electron chi connectivity index (χ2n) is 6.75. The average Bonchev–Trinajstić information content (AvgIpc) is 3.12. The van der Waals surface area contributed by atoms with Crippen LogP contribution in [-0.2, 0) is 9.67 Å². The van der Waals surface area contributed by atoms with Gasteiger partial charge in [0.15, 0.2) is 11.5 Å². The lowest BCUT2D eigenvalue weighted by Gasteiger charge is -2.45. The Kier molecular flexibility index (Phi) is 5.26. The van der Waals surface area contributed by atoms with E-state index in [-0.39, 0.29) is 23.1 Å². The molecule has 0 aliphatic carbocycles. The van der Waals surface area contributed by atoms with Gasteiger partial charge in [-0.05, 0) is 37.2 Å². The molecule has 2 heterocycles. The zero-order valence-electron chi connectivity index (χ0n) is 15.3. The van der Waals surface area contributed by atoms with Crippen LogP contribution in [0.15, 0.2) is 47.6 Å². The highest BCUT2D eigenvalue weighted by Crippen LogP contribution is 2.57. The Morgan fingerprint density at radius 1 is 1.31 bits per heavy atom. The van der Waals surface area contributed by atoms with Crippen molar-refractivity contribution in [3.05, 3.63) is 65.2 Å². The summed E-state index contributed by atoms with van der Waals surface area (Å²) >= 11 is 1.10. The smallest absolute Gasteiger partial charge is 0.275 e. The van der Waals surface area contributed by atoms with E-state index in [9.17, 15) is 18.0 Å². The summed E-state index contributed by atoms with van der Waals surface area (Å²) < 4.78 is 47.5. The SMILES string of the molecule is NCC[C@@H]1COc2ccccc2[C@@]12SC(c1cc(F)ccc1F)=NN2C(=O)CF. The standard InChI is InChI=1S/C20H18F3N3O2S/c21-10-18(27)26-20(29-19(25-26)14-9-13(22)5-6-16(14)23)12(7-8-24)11-28-17-4-2-1-3-15(17)20/h1-6,9,12H,7-8,10-11,24H2/t12-,20+/m1/s1. The van der Waals surface area contributed by atoms with E-state index in [1.165, 1.54) is 0 Å². The topological polar surface area (TPSA) is 67.9 Å². The molecule has 1 amide bonds. The Balaban J connectivity index is 1.90. The lowest BCUT2D eigenvalue weighted by atomic mass is 9.86. The number of hydrazone groups is 1. The summed E-state index contributed by atoms with van der Waals surface area (Å²) in [5, 5.41) is 5.41. The minimum absolute atomic E-state index is 0.0843. The first-order valence-corrected chi connectivity index (χ1v) is 9.87. The lowest BCUT2D eigenvalue weighted by Crippen LogP contribution is -2.52. The van der Waals surface area contributed by atoms with Crippen LogP contribution >= 0.6 is 11.8 Å². The van der Waals surface area contributed by atoms with Crippen LogP contribution in [0.5, 0.6) is 5.75 Å². The van der Waals surface area contributed by atoms with Crippen molar-refractivity contribution in [2.45, 2.75) is 11.3 Å². The molecule has 0 saturated heterocycles. The molecular weight excluding hydrogens is 403 g/mol. The van der Waals surface area contributed by atoms with Crippen LogP contribution in [0.4, 0.5) is 13.2 Å². The molecular formula is C20H18F3N3O2S. The summed E-state index contributed by atoms with van der Waals surface area (Å²) in [5.41, 5.74) is 6.32. The van der Waals surface area contributed by atoms with E-state index >= 15 is 0 Å². The van der Waals surface area contributed by atoms with Gasteiger partial charge in [-0.15, -0.1) is 0 Å². The predicted molar refractivity (Wildman–Crippen MR) is 104 cm³/mol. The van der Waals surface area contributed by atoms with Gasteiger partial charge in [-0.2, -0.15) is 5.10 Å². The van der Waals surface area contributed by atoms with Gasteiger partial charge in [0.05, 0.1) is 6.61 Å². The van der Waals surface area contributed by atoms with Gasteiger partial charge in [0.2, 0.25) is 0 Å². The van der Waals surface area contributed by atoms with Crippen molar-refractivity contribution in [1.82, 2.24) is 5.01 Å². The van der Waals surface area contributed by atoms with Crippen molar-refractivity contribution in [1.29, 1.82) is 0 Å². The molecule has 2 atom stereocenters. The molecule has 9 heteroatoms. The van der Waals surface area contributed by atoms with E-state index in [1.807, 2.05) is 0 Å². The maximum absolute atomic E-state index is 14.4. The molecule has 4 rings (SSSR count). The number of amides is 1. The number of hydrogen-bond donors (Lipinski definition) is 1. The summed E-state index contributed by atoms with van der Waals surface area (Å²) in [5.74, 6) is -2.00. The number of rotatable bonds is 4. The van der Waals surface area contributed by atoms with Gasteiger partial charge in [0.25, 0.3) is 5.91 Å². The number of carbonyl (C=O) groups is 1. The molecule has 2 aromatic rings. The highest BCUT2D eigenvalue weighted by Gasteiger charge is 2.57. The van der Waals surface area contributed by atoms with Crippen LogP contribution in [0.1, 0.15) is 17.5 Å². The minimum Gasteiger partial charge on any atom is -0.493 e. The lowest BCUT2D eigenvalue weighted by molar-refractivity contribution is -0.138. The normalized spacial score (nSPS) is 23.0. The maximum Gasteiger partial charge on any atom is 0.275 e. The monoisotopic (exact) mass is 421 g/mol. The molecule has 0 fully saturated rings. The van der Waals surface area contributed by atoms with E-state index < -0.39 is 29.1 Å². The molecule has 0 unspecified atom stereocenters. The van der Waals surface area contributed by atoms with Crippen molar-refractivity contribution in [2.24, 2.45) is 16.8 Å². The number of nitrogens with two attached hydrogens (primary N) is 1. The van der Waals surface area contributed by atoms with E-state index in [0.29, 0.717) is 24.3 Å². The highest BCUT2D eigenvalue weighted by molar-refractivity contribution is 8.15. The number of thioether (sulfide) groups is 1. The molecule has 29 heavy (non-hydrogen) atoms. The molecule has 152 valence electrons. The Bertz CT molecular complexity index is 987. The first-order valence-electron chi connectivity index (χ1n) is 9.05. The number of halogens is 3. The number of ether oxygens (including phenoxy) is 1. The molecule has 0 radical (unpaired) electrons. The van der Waals surface area contributed by atoms with Crippen LogP contribution in [0.25, 0.3) is 0 Å². The van der Waals surface area contributed by atoms with E-state index in [0.717, 1.165) is 35.0 Å². The molecule has 1 spiro atoms. The van der Waals surface area contributed by atoms with Crippen LogP contribution in [0.3, 0.4) is 0 Å². The molecule has 0 saturated carbocycles. The third-order valence-electron chi connectivity index (χ3n) is 5.05. The van der Waals surface area contributed by atoms with Crippen LogP contribution in [0.2, 0.25) is 0 Å². The Labute approximate surface area is 169 Å². The number of fused-ring (bicyclic) bond motifs is 2. The number of hydrogen-bond acceptors (Lipinski definition) is 5. The molecule has 2 N–H and O–H groups in total. The van der Waals surface area contributed by atoms with E-state index in [4.69, 9.17) is 10.5 Å². The van der Waals surface area contributed by atoms with Crippen LogP contribution in [0, 0.1) is 17.6 Å². The number of nitrogens with zero attached hydrogens (tertiary/aromatic N) is 2. The van der Waals surface area contributed by atoms with Gasteiger partial charge in [0.1, 0.15) is 22.4 Å². The third-order valence-corrected chi connectivity index (χ3v) is 6.58. The third kappa shape index (κ3) is 3.18. The van der Waals surface area contributed by atoms with Crippen molar-refractivity contribution >= 4 is 22.7 Å². The fourth-order valence-electron chi connectivity index (χ4n) is 3.76. The summed E-state index contributed by atoms with van der Waals surface area (Å²) in [7, 11) is 0. The average molecular weight is 421 g/mol. The van der Waals surface area contributed by atoms with Crippen molar-refractivity contribution in [2.75, 3.05) is 19.8 Å². The maximum atomic E-state index is 14.4. The minimum atomic E-state index is -1.27. The quantitative estimate of drug-likeness (QED) is 0.822. The first-order chi connectivity index (χ1) is 14.0. The van der Waals surface area contributed by atoms with Gasteiger partial charge in [-0.1, -0.05) is 30.0 Å². The summed E-state index contributed by atoms with van der Waals surface area (Å²) in [6, 6.07) is 10.1. The zero-order valence-corrected chi connectivity index (χ0v) is 16.1. The molecule has 5 nitrogen and oxygen atoms in total. The van der Waals surface area contributed by atoms with Crippen LogP contribution < -0.4 is 10.5 Å². The second-order valence-corrected chi connectivity index (χ2v) is 7.96. The summed E-state index contributed by atoms with van der Waals surface area (Å²) in [6.07, 6.45) is 0.464. The molecule has 2 aromatic carbocycles. The van der Waals surface area contributed by atoms with Gasteiger partial charge >= 0.3 is 0 Å². The van der Waals surface area contributed by atoms with Crippen molar-refractivity contribution in [3.63, 3.8) is 0 Å². The fraction of sp³-hybridized carbons (Fsp3) is 0.300. The van der Waals surface area contributed by atoms with E-state index in [2.05, 4.69) is 5.10 Å². The molecule has 0 aromatic heterocycles. The molecule has 2 aliphatic heterocycles. The number of alkyl halides is 1. The van der Waals surface area contributed by atoms with Gasteiger partial charge in [-0.25, -0.2) is 18.2 Å². The highest BCUT2D eigenvalue weighted by atomic mass is 32.2. The Morgan fingerprint density at radius 3 is 2.86 bits per heavy atom. The fourth-order valence-corrected chi connectivity index (χ4v) is 5.31. The van der Waals surface area contributed by atoms with Gasteiger partial charge in [-0.3, -0.25) is 4.79 Å². The predicted octanol–water partition coefficient (Wildman–Crippen LogP) is 3.38. The zero-order chi connectivity index (χ0) is 20.6. The molecule has 0 bridgehead atoms. The van der Waals surface area contributed by atoms with E-state index in [1.54, 1.807) is 24.3 Å². The first kappa shape index (κ1) is 19.8. The van der Waals surface area contributed by atoms with Gasteiger partial charge < -0.3 is 10.5 Å². The number of para-hydroxylation sites is 1. The second kappa shape index (κ2) is 7.72. The van der Waals surface area contributed by atoms with Crippen LogP contribution in [-0.4, -0.2) is 35.8 Å². The molecule has 2 aliphatic rings. The van der Waals surface area contributed by atoms with Gasteiger partial charge in [0, 0.05) is 17.0 Å². The summed E-state index contributed by atoms with van der Waals surface area (Å²) in [6.45, 7) is -0.741. The summed E-state index contributed by atoms with van der Waals surface area (Å²) in [4.78, 5) is 11.4. The Morgan fingerprint density at radius 2 is 2.10 bits per heavy atom. The number of benzene rings is 2. The Hall–Kier alpha value is -2.52. The largest absolute Gasteiger partial charge is 0.493 e.